The molecule has 0 unspecified atom stereocenters. The van der Waals surface area contributed by atoms with E-state index in [0.717, 1.165) is 0 Å². The Bertz CT molecular complexity index is 482. The maximum absolute atomic E-state index is 11.0. The van der Waals surface area contributed by atoms with Crippen LogP contribution in [0.15, 0.2) is 24.3 Å². The third kappa shape index (κ3) is 5.20. The summed E-state index contributed by atoms with van der Waals surface area (Å²) in [5, 5.41) is 20.2. The highest BCUT2D eigenvalue weighted by molar-refractivity contribution is 5.88. The zero-order valence-corrected chi connectivity index (χ0v) is 10.4. The van der Waals surface area contributed by atoms with Crippen molar-refractivity contribution in [1.82, 2.24) is 0 Å². The van der Waals surface area contributed by atoms with Crippen LogP contribution in [0.1, 0.15) is 31.2 Å². The fourth-order valence-corrected chi connectivity index (χ4v) is 1.80. The van der Waals surface area contributed by atoms with Gasteiger partial charge >= 0.3 is 11.9 Å². The summed E-state index contributed by atoms with van der Waals surface area (Å²) in [6.45, 7) is 1.36. The summed E-state index contributed by atoms with van der Waals surface area (Å²) in [6.07, 6.45) is -0.536. The highest BCUT2D eigenvalue weighted by Crippen LogP contribution is 2.26. The molecule has 1 rings (SSSR count). The first kappa shape index (κ1) is 14.7. The standard InChI is InChI=1S/C13H15NO5/c1-8(15)14-11-4-2-3-9(5-11)10(6-12(16)17)7-13(18)19/h2-5,10H,6-7H2,1H3,(H,14,15)(H,16,17)(H,18,19). The van der Waals surface area contributed by atoms with Gasteiger partial charge < -0.3 is 15.5 Å². The van der Waals surface area contributed by atoms with Crippen molar-refractivity contribution in [3.63, 3.8) is 0 Å². The van der Waals surface area contributed by atoms with Crippen molar-refractivity contribution in [2.45, 2.75) is 25.7 Å². The van der Waals surface area contributed by atoms with Gasteiger partial charge in [-0.15, -0.1) is 0 Å². The van der Waals surface area contributed by atoms with Crippen LogP contribution in [0.4, 0.5) is 5.69 Å². The van der Waals surface area contributed by atoms with Crippen molar-refractivity contribution in [2.75, 3.05) is 5.32 Å². The van der Waals surface area contributed by atoms with Crippen LogP contribution in [-0.4, -0.2) is 28.1 Å². The lowest BCUT2D eigenvalue weighted by Crippen LogP contribution is -2.12. The van der Waals surface area contributed by atoms with Crippen molar-refractivity contribution in [1.29, 1.82) is 0 Å². The maximum atomic E-state index is 11.0. The molecule has 0 heterocycles. The molecule has 1 aromatic rings. The monoisotopic (exact) mass is 265 g/mol. The number of nitrogens with one attached hydrogen (secondary N) is 1. The largest absolute Gasteiger partial charge is 0.481 e. The minimum Gasteiger partial charge on any atom is -0.481 e. The molecule has 6 heteroatoms. The van der Waals surface area contributed by atoms with Gasteiger partial charge in [0.05, 0.1) is 12.8 Å². The fraction of sp³-hybridized carbons (Fsp3) is 0.308. The van der Waals surface area contributed by atoms with Crippen LogP contribution in [0.25, 0.3) is 0 Å². The molecule has 3 N–H and O–H groups in total. The highest BCUT2D eigenvalue weighted by Gasteiger charge is 2.19. The Labute approximate surface area is 110 Å². The van der Waals surface area contributed by atoms with E-state index in [1.807, 2.05) is 0 Å². The summed E-state index contributed by atoms with van der Waals surface area (Å²) in [5.41, 5.74) is 1.10. The van der Waals surface area contributed by atoms with Crippen molar-refractivity contribution < 1.29 is 24.6 Å². The number of rotatable bonds is 6. The number of benzene rings is 1. The lowest BCUT2D eigenvalue weighted by molar-refractivity contribution is -0.139. The van der Waals surface area contributed by atoms with E-state index >= 15 is 0 Å². The van der Waals surface area contributed by atoms with Gasteiger partial charge in [-0.05, 0) is 17.7 Å². The molecule has 0 radical (unpaired) electrons. The molecule has 0 aliphatic carbocycles. The quantitative estimate of drug-likeness (QED) is 0.726. The number of anilines is 1. The third-order valence-corrected chi connectivity index (χ3v) is 2.52. The third-order valence-electron chi connectivity index (χ3n) is 2.52. The first-order valence-electron chi connectivity index (χ1n) is 5.69. The minimum absolute atomic E-state index is 0.245. The number of hydrogen-bond donors (Lipinski definition) is 3. The smallest absolute Gasteiger partial charge is 0.303 e. The summed E-state index contributed by atoms with van der Waals surface area (Å²) in [6, 6.07) is 6.56. The lowest BCUT2D eigenvalue weighted by atomic mass is 9.92. The zero-order chi connectivity index (χ0) is 14.4. The fourth-order valence-electron chi connectivity index (χ4n) is 1.80. The lowest BCUT2D eigenvalue weighted by Gasteiger charge is -2.14. The van der Waals surface area contributed by atoms with E-state index in [0.29, 0.717) is 11.3 Å². The Hall–Kier alpha value is -2.37. The van der Waals surface area contributed by atoms with Crippen LogP contribution in [0.3, 0.4) is 0 Å². The molecule has 0 fully saturated rings. The topological polar surface area (TPSA) is 104 Å². The van der Waals surface area contributed by atoms with Gasteiger partial charge in [0.15, 0.2) is 0 Å². The maximum Gasteiger partial charge on any atom is 0.303 e. The SMILES string of the molecule is CC(=O)Nc1cccc(C(CC(=O)O)CC(=O)O)c1. The van der Waals surface area contributed by atoms with Crippen molar-refractivity contribution >= 4 is 23.5 Å². The van der Waals surface area contributed by atoms with Gasteiger partial charge in [-0.2, -0.15) is 0 Å². The molecular formula is C13H15NO5. The molecule has 1 aromatic carbocycles. The predicted octanol–water partition coefficient (Wildman–Crippen LogP) is 1.68. The van der Waals surface area contributed by atoms with Crippen LogP contribution >= 0.6 is 0 Å². The number of carbonyl (C=O) groups is 3. The van der Waals surface area contributed by atoms with Crippen LogP contribution in [0, 0.1) is 0 Å². The summed E-state index contributed by atoms with van der Waals surface area (Å²) in [4.78, 5) is 32.5. The number of hydrogen-bond acceptors (Lipinski definition) is 3. The molecule has 0 atom stereocenters. The van der Waals surface area contributed by atoms with E-state index in [4.69, 9.17) is 10.2 Å². The summed E-state index contributed by atoms with van der Waals surface area (Å²) in [7, 11) is 0. The van der Waals surface area contributed by atoms with E-state index in [1.165, 1.54) is 6.92 Å². The number of carboxylic acid groups (broad SMARTS) is 2. The average molecular weight is 265 g/mol. The summed E-state index contributed by atoms with van der Waals surface area (Å²) >= 11 is 0. The van der Waals surface area contributed by atoms with Crippen LogP contribution in [-0.2, 0) is 14.4 Å². The van der Waals surface area contributed by atoms with Crippen molar-refractivity contribution in [2.24, 2.45) is 0 Å². The Kier molecular flexibility index (Phi) is 5.05. The second-order valence-corrected chi connectivity index (χ2v) is 4.20. The second-order valence-electron chi connectivity index (χ2n) is 4.20. The van der Waals surface area contributed by atoms with Gasteiger partial charge in [0.2, 0.25) is 5.91 Å². The number of aliphatic carboxylic acids is 2. The zero-order valence-electron chi connectivity index (χ0n) is 10.4. The molecule has 19 heavy (non-hydrogen) atoms. The molecule has 1 amide bonds. The number of amides is 1. The molecule has 0 aliphatic rings. The van der Waals surface area contributed by atoms with E-state index in [2.05, 4.69) is 5.32 Å². The van der Waals surface area contributed by atoms with Crippen molar-refractivity contribution in [3.05, 3.63) is 29.8 Å². The average Bonchev–Trinajstić information content (AvgIpc) is 2.26. The second kappa shape index (κ2) is 6.53. The van der Waals surface area contributed by atoms with E-state index in [1.54, 1.807) is 24.3 Å². The number of carbonyl (C=O) groups excluding carboxylic acids is 1. The van der Waals surface area contributed by atoms with E-state index < -0.39 is 17.9 Å². The van der Waals surface area contributed by atoms with Gasteiger partial charge in [-0.25, -0.2) is 0 Å². The molecule has 102 valence electrons. The first-order valence-corrected chi connectivity index (χ1v) is 5.69. The van der Waals surface area contributed by atoms with Gasteiger partial charge in [0.1, 0.15) is 0 Å². The minimum atomic E-state index is -1.06. The molecular weight excluding hydrogens is 250 g/mol. The van der Waals surface area contributed by atoms with E-state index in [-0.39, 0.29) is 18.7 Å². The van der Waals surface area contributed by atoms with Crippen LogP contribution in [0.2, 0.25) is 0 Å². The molecule has 0 saturated heterocycles. The van der Waals surface area contributed by atoms with Gasteiger partial charge in [0, 0.05) is 18.5 Å². The number of carboxylic acids is 2. The summed E-state index contributed by atoms with van der Waals surface area (Å²) < 4.78 is 0. The predicted molar refractivity (Wildman–Crippen MR) is 68.0 cm³/mol. The molecule has 0 bridgehead atoms. The van der Waals surface area contributed by atoms with Gasteiger partial charge in [-0.3, -0.25) is 14.4 Å². The Balaban J connectivity index is 2.97. The normalized spacial score (nSPS) is 10.2. The van der Waals surface area contributed by atoms with Gasteiger partial charge in [-0.1, -0.05) is 12.1 Å². The Morgan fingerprint density at radius 2 is 1.74 bits per heavy atom. The van der Waals surface area contributed by atoms with Gasteiger partial charge in [0.25, 0.3) is 0 Å². The first-order chi connectivity index (χ1) is 8.88. The Morgan fingerprint density at radius 3 is 2.21 bits per heavy atom. The molecule has 0 aliphatic heterocycles. The molecule has 0 spiro atoms. The van der Waals surface area contributed by atoms with Crippen LogP contribution in [0.5, 0.6) is 0 Å². The van der Waals surface area contributed by atoms with Crippen molar-refractivity contribution in [3.8, 4) is 0 Å². The molecule has 6 nitrogen and oxygen atoms in total. The molecule has 0 saturated carbocycles. The summed E-state index contributed by atoms with van der Waals surface area (Å²) in [5.74, 6) is -2.98. The van der Waals surface area contributed by atoms with Crippen LogP contribution < -0.4 is 5.32 Å². The Morgan fingerprint density at radius 1 is 1.16 bits per heavy atom. The highest BCUT2D eigenvalue weighted by atomic mass is 16.4. The van der Waals surface area contributed by atoms with E-state index in [9.17, 15) is 14.4 Å². The molecule has 0 aromatic heterocycles.